The number of phenols is 1. The number of amides is 3. The highest BCUT2D eigenvalue weighted by Gasteiger charge is 2.22. The van der Waals surface area contributed by atoms with Gasteiger partial charge in [-0.25, -0.2) is 0 Å². The van der Waals surface area contributed by atoms with Crippen molar-refractivity contribution < 1.29 is 19.5 Å². The van der Waals surface area contributed by atoms with E-state index in [1.165, 1.54) is 0 Å². The summed E-state index contributed by atoms with van der Waals surface area (Å²) in [5.41, 5.74) is 6.33. The molecule has 0 aromatic heterocycles. The molecule has 1 fully saturated rings. The van der Waals surface area contributed by atoms with Gasteiger partial charge in [0.05, 0.1) is 6.42 Å². The fraction of sp³-hybridized carbons (Fsp3) is 0.591. The van der Waals surface area contributed by atoms with Gasteiger partial charge in [0.1, 0.15) is 11.8 Å². The Morgan fingerprint density at radius 2 is 1.83 bits per heavy atom. The average Bonchev–Trinajstić information content (AvgIpc) is 2.70. The predicted octanol–water partition coefficient (Wildman–Crippen LogP) is 0.923. The first-order valence-electron chi connectivity index (χ1n) is 10.7. The Kier molecular flexibility index (Phi) is 9.60. The lowest BCUT2D eigenvalue weighted by Crippen LogP contribution is -2.47. The van der Waals surface area contributed by atoms with Crippen LogP contribution in [0.15, 0.2) is 24.3 Å². The lowest BCUT2D eigenvalue weighted by molar-refractivity contribution is -0.130. The third-order valence-corrected chi connectivity index (χ3v) is 5.59. The third kappa shape index (κ3) is 8.82. The zero-order valence-corrected chi connectivity index (χ0v) is 17.7. The molecule has 1 saturated heterocycles. The zero-order valence-electron chi connectivity index (χ0n) is 17.7. The Morgan fingerprint density at radius 3 is 2.47 bits per heavy atom. The number of nitrogens with zero attached hydrogens (tertiary/aromatic N) is 1. The van der Waals surface area contributed by atoms with Crippen LogP contribution in [0.2, 0.25) is 0 Å². The predicted molar refractivity (Wildman–Crippen MR) is 115 cm³/mol. The van der Waals surface area contributed by atoms with Gasteiger partial charge in [0.25, 0.3) is 0 Å². The van der Waals surface area contributed by atoms with Crippen molar-refractivity contribution in [2.45, 2.75) is 51.0 Å². The van der Waals surface area contributed by atoms with E-state index in [0.29, 0.717) is 25.3 Å². The molecule has 1 aliphatic rings. The van der Waals surface area contributed by atoms with Crippen LogP contribution in [0.25, 0.3) is 0 Å². The van der Waals surface area contributed by atoms with Crippen LogP contribution in [0.5, 0.6) is 5.75 Å². The lowest BCUT2D eigenvalue weighted by Gasteiger charge is -2.28. The van der Waals surface area contributed by atoms with Crippen LogP contribution in [0.3, 0.4) is 0 Å². The molecule has 0 spiro atoms. The van der Waals surface area contributed by atoms with Crippen LogP contribution in [-0.4, -0.2) is 60.5 Å². The minimum atomic E-state index is -1.01. The summed E-state index contributed by atoms with van der Waals surface area (Å²) in [7, 11) is 2.12. The summed E-state index contributed by atoms with van der Waals surface area (Å²) in [6.45, 7) is 2.59. The van der Waals surface area contributed by atoms with E-state index in [1.54, 1.807) is 24.3 Å². The zero-order chi connectivity index (χ0) is 21.9. The molecule has 8 nitrogen and oxygen atoms in total. The van der Waals surface area contributed by atoms with Crippen molar-refractivity contribution in [2.75, 3.05) is 26.7 Å². The Bertz CT molecular complexity index is 700. The molecule has 1 heterocycles. The van der Waals surface area contributed by atoms with Crippen molar-refractivity contribution in [3.8, 4) is 5.75 Å². The number of carbonyl (C=O) groups excluding carboxylic acids is 3. The number of hydrogen-bond acceptors (Lipinski definition) is 5. The van der Waals surface area contributed by atoms with Gasteiger partial charge in [0, 0.05) is 13.0 Å². The van der Waals surface area contributed by atoms with Gasteiger partial charge in [-0.2, -0.15) is 0 Å². The number of phenolic OH excluding ortho intramolecular Hbond substituents is 1. The molecule has 8 heteroatoms. The molecule has 1 unspecified atom stereocenters. The maximum absolute atomic E-state index is 12.2. The van der Waals surface area contributed by atoms with Gasteiger partial charge in [-0.05, 0) is 75.9 Å². The summed E-state index contributed by atoms with van der Waals surface area (Å²) in [6.07, 6.45) is 4.84. The molecule has 1 aromatic carbocycles. The molecular weight excluding hydrogens is 384 g/mol. The van der Waals surface area contributed by atoms with E-state index in [2.05, 4.69) is 22.6 Å². The lowest BCUT2D eigenvalue weighted by atomic mass is 9.92. The number of likely N-dealkylation sites (tertiary alicyclic amines) is 1. The molecule has 30 heavy (non-hydrogen) atoms. The first-order valence-corrected chi connectivity index (χ1v) is 10.7. The number of primary amides is 1. The van der Waals surface area contributed by atoms with Crippen LogP contribution in [0.4, 0.5) is 0 Å². The summed E-state index contributed by atoms with van der Waals surface area (Å²) in [5.74, 6) is -0.463. The minimum Gasteiger partial charge on any atom is -0.508 e. The van der Waals surface area contributed by atoms with E-state index < -0.39 is 11.9 Å². The second-order valence-corrected chi connectivity index (χ2v) is 8.13. The van der Waals surface area contributed by atoms with E-state index in [4.69, 9.17) is 5.73 Å². The minimum absolute atomic E-state index is 0.175. The Hall–Kier alpha value is -2.61. The van der Waals surface area contributed by atoms with Gasteiger partial charge in [0.15, 0.2) is 0 Å². The molecule has 5 N–H and O–H groups in total. The average molecular weight is 419 g/mol. The van der Waals surface area contributed by atoms with Crippen molar-refractivity contribution in [2.24, 2.45) is 11.7 Å². The van der Waals surface area contributed by atoms with E-state index in [0.717, 1.165) is 44.3 Å². The van der Waals surface area contributed by atoms with Crippen molar-refractivity contribution in [1.29, 1.82) is 0 Å². The fourth-order valence-corrected chi connectivity index (χ4v) is 3.66. The van der Waals surface area contributed by atoms with E-state index >= 15 is 0 Å². The highest BCUT2D eigenvalue weighted by molar-refractivity contribution is 5.91. The number of carbonyl (C=O) groups is 3. The maximum atomic E-state index is 12.2. The summed E-state index contributed by atoms with van der Waals surface area (Å²) in [4.78, 5) is 38.3. The second-order valence-electron chi connectivity index (χ2n) is 8.13. The summed E-state index contributed by atoms with van der Waals surface area (Å²) in [5, 5.41) is 14.6. The first-order chi connectivity index (χ1) is 14.3. The fourth-order valence-electron chi connectivity index (χ4n) is 3.66. The molecule has 0 aliphatic carbocycles. The van der Waals surface area contributed by atoms with Crippen molar-refractivity contribution in [3.05, 3.63) is 29.8 Å². The van der Waals surface area contributed by atoms with Gasteiger partial charge in [-0.15, -0.1) is 0 Å². The normalized spacial score (nSPS) is 16.0. The van der Waals surface area contributed by atoms with Crippen molar-refractivity contribution in [1.82, 2.24) is 15.5 Å². The number of hydrogen-bond donors (Lipinski definition) is 4. The number of benzene rings is 1. The molecule has 0 saturated carbocycles. The van der Waals surface area contributed by atoms with E-state index in [9.17, 15) is 19.5 Å². The monoisotopic (exact) mass is 418 g/mol. The number of rotatable bonds is 11. The van der Waals surface area contributed by atoms with Gasteiger partial charge >= 0.3 is 0 Å². The topological polar surface area (TPSA) is 125 Å². The van der Waals surface area contributed by atoms with E-state index in [-0.39, 0.29) is 24.0 Å². The number of piperidine rings is 1. The number of aromatic hydroxyl groups is 1. The molecule has 0 bridgehead atoms. The first kappa shape index (κ1) is 23.7. The number of nitrogens with two attached hydrogens (primary N) is 1. The maximum Gasteiger partial charge on any atom is 0.240 e. The number of nitrogens with one attached hydrogen (secondary N) is 2. The summed E-state index contributed by atoms with van der Waals surface area (Å²) in [6, 6.07) is 5.72. The smallest absolute Gasteiger partial charge is 0.240 e. The van der Waals surface area contributed by atoms with Crippen LogP contribution in [0, 0.1) is 5.92 Å². The summed E-state index contributed by atoms with van der Waals surface area (Å²) < 4.78 is 0. The van der Waals surface area contributed by atoms with Gasteiger partial charge in [-0.3, -0.25) is 14.4 Å². The second kappa shape index (κ2) is 12.2. The highest BCUT2D eigenvalue weighted by Crippen LogP contribution is 2.21. The molecule has 2 rings (SSSR count). The Morgan fingerprint density at radius 1 is 1.17 bits per heavy atom. The van der Waals surface area contributed by atoms with Crippen LogP contribution in [0.1, 0.15) is 44.1 Å². The van der Waals surface area contributed by atoms with Gasteiger partial charge in [0.2, 0.25) is 17.7 Å². The Balaban J connectivity index is 1.65. The van der Waals surface area contributed by atoms with Crippen molar-refractivity contribution >= 4 is 17.7 Å². The molecule has 1 aliphatic heterocycles. The molecular formula is C22H34N4O4. The van der Waals surface area contributed by atoms with Crippen LogP contribution >= 0.6 is 0 Å². The standard InChI is InChI=1S/C22H34N4O4/c1-26-13-10-16(11-14-26)3-2-4-20(28)25-19(22(23)30)15-21(29)24-12-9-17-5-7-18(27)8-6-17/h5-8,16,19,27H,2-4,9-15H2,1H3,(H2,23,30)(H,24,29)(H,25,28). The van der Waals surface area contributed by atoms with E-state index in [1.807, 2.05) is 0 Å². The van der Waals surface area contributed by atoms with Gasteiger partial charge < -0.3 is 26.4 Å². The highest BCUT2D eigenvalue weighted by atomic mass is 16.3. The molecule has 1 atom stereocenters. The SMILES string of the molecule is CN1CCC(CCCC(=O)NC(CC(=O)NCCc2ccc(O)cc2)C(N)=O)CC1. The quantitative estimate of drug-likeness (QED) is 0.425. The van der Waals surface area contributed by atoms with Gasteiger partial charge in [-0.1, -0.05) is 12.1 Å². The van der Waals surface area contributed by atoms with Crippen molar-refractivity contribution in [3.63, 3.8) is 0 Å². The molecule has 3 amide bonds. The third-order valence-electron chi connectivity index (χ3n) is 5.59. The molecule has 1 aromatic rings. The molecule has 0 radical (unpaired) electrons. The largest absolute Gasteiger partial charge is 0.508 e. The summed E-state index contributed by atoms with van der Waals surface area (Å²) >= 11 is 0. The van der Waals surface area contributed by atoms with Crippen LogP contribution < -0.4 is 16.4 Å². The molecule has 166 valence electrons. The Labute approximate surface area is 178 Å². The van der Waals surface area contributed by atoms with Crippen LogP contribution in [-0.2, 0) is 20.8 Å².